The lowest BCUT2D eigenvalue weighted by Gasteiger charge is -2.25. The van der Waals surface area contributed by atoms with Crippen LogP contribution < -0.4 is 5.32 Å². The van der Waals surface area contributed by atoms with E-state index in [-0.39, 0.29) is 18.0 Å². The Balaban J connectivity index is 1.91. The highest BCUT2D eigenvalue weighted by molar-refractivity contribution is 5.96. The van der Waals surface area contributed by atoms with Crippen LogP contribution in [0.4, 0.5) is 5.69 Å². The molecule has 1 heterocycles. The van der Waals surface area contributed by atoms with Crippen molar-refractivity contribution in [3.63, 3.8) is 0 Å². The summed E-state index contributed by atoms with van der Waals surface area (Å²) in [5.41, 5.74) is -0.196. The zero-order valence-electron chi connectivity index (χ0n) is 12.9. The lowest BCUT2D eigenvalue weighted by molar-refractivity contribution is -0.385. The normalized spacial score (nSPS) is 11.2. The number of aromatic nitrogens is 2. The maximum absolute atomic E-state index is 12.1. The van der Waals surface area contributed by atoms with Gasteiger partial charge in [-0.15, -0.1) is 0 Å². The zero-order valence-corrected chi connectivity index (χ0v) is 12.9. The van der Waals surface area contributed by atoms with Crippen LogP contribution in [-0.2, 0) is 11.3 Å². The largest absolute Gasteiger partial charge is 0.374 e. The van der Waals surface area contributed by atoms with Crippen molar-refractivity contribution in [2.45, 2.75) is 26.0 Å². The molecular weight excluding hydrogens is 300 g/mol. The molecular formula is C15H18N4O4. The van der Waals surface area contributed by atoms with Gasteiger partial charge in [0, 0.05) is 0 Å². The molecule has 0 unspecified atom stereocenters. The number of ether oxygens (including phenoxy) is 1. The van der Waals surface area contributed by atoms with E-state index < -0.39 is 16.4 Å². The molecule has 0 spiro atoms. The number of aromatic amines is 1. The number of carbonyl (C=O) groups is 1. The van der Waals surface area contributed by atoms with Crippen molar-refractivity contribution in [2.75, 3.05) is 6.61 Å². The van der Waals surface area contributed by atoms with E-state index >= 15 is 0 Å². The number of benzene rings is 1. The number of nitrogens with zero attached hydrogens (tertiary/aromatic N) is 2. The van der Waals surface area contributed by atoms with Gasteiger partial charge in [-0.05, 0) is 19.4 Å². The smallest absolute Gasteiger partial charge is 0.319 e. The number of nitro groups is 1. The summed E-state index contributed by atoms with van der Waals surface area (Å²) in [5, 5.41) is 19.4. The molecule has 0 aliphatic rings. The Hall–Kier alpha value is -2.74. The Morgan fingerprint density at radius 3 is 2.74 bits per heavy atom. The van der Waals surface area contributed by atoms with Crippen molar-refractivity contribution < 1.29 is 14.5 Å². The summed E-state index contributed by atoms with van der Waals surface area (Å²) in [6.07, 6.45) is 1.01. The molecule has 1 amide bonds. The summed E-state index contributed by atoms with van der Waals surface area (Å²) in [6.45, 7) is 4.23. The minimum absolute atomic E-state index is 0.175. The lowest BCUT2D eigenvalue weighted by Crippen LogP contribution is -2.47. The Morgan fingerprint density at radius 1 is 1.39 bits per heavy atom. The van der Waals surface area contributed by atoms with Crippen molar-refractivity contribution in [2.24, 2.45) is 0 Å². The third-order valence-electron chi connectivity index (χ3n) is 3.07. The molecule has 122 valence electrons. The number of rotatable bonds is 7. The van der Waals surface area contributed by atoms with Crippen molar-refractivity contribution in [3.05, 3.63) is 57.9 Å². The number of amides is 1. The van der Waals surface area contributed by atoms with Crippen LogP contribution in [-0.4, -0.2) is 33.2 Å². The molecule has 1 aromatic carbocycles. The number of carbonyl (C=O) groups excluding carboxylic acids is 1. The van der Waals surface area contributed by atoms with Gasteiger partial charge in [0.2, 0.25) is 5.69 Å². The van der Waals surface area contributed by atoms with Crippen LogP contribution in [0.1, 0.15) is 29.9 Å². The van der Waals surface area contributed by atoms with E-state index in [4.69, 9.17) is 4.74 Å². The SMILES string of the molecule is CC(C)(COCc1ccccc1)NC(=O)c1[nH]ncc1[N+](=O)[O-]. The van der Waals surface area contributed by atoms with Gasteiger partial charge in [-0.3, -0.25) is 20.0 Å². The second-order valence-corrected chi connectivity index (χ2v) is 5.70. The molecule has 8 heteroatoms. The molecule has 0 aliphatic heterocycles. The van der Waals surface area contributed by atoms with Crippen LogP contribution in [0.2, 0.25) is 0 Å². The molecule has 1 aromatic heterocycles. The molecule has 0 radical (unpaired) electrons. The zero-order chi connectivity index (χ0) is 16.9. The van der Waals surface area contributed by atoms with Gasteiger partial charge in [-0.25, -0.2) is 0 Å². The molecule has 2 N–H and O–H groups in total. The second kappa shape index (κ2) is 7.01. The summed E-state index contributed by atoms with van der Waals surface area (Å²) in [5.74, 6) is -0.595. The average molecular weight is 318 g/mol. The van der Waals surface area contributed by atoms with E-state index in [1.54, 1.807) is 13.8 Å². The van der Waals surface area contributed by atoms with Crippen LogP contribution >= 0.6 is 0 Å². The molecule has 0 fully saturated rings. The van der Waals surface area contributed by atoms with Gasteiger partial charge in [-0.2, -0.15) is 5.10 Å². The minimum Gasteiger partial charge on any atom is -0.374 e. The fourth-order valence-electron chi connectivity index (χ4n) is 1.99. The quantitative estimate of drug-likeness (QED) is 0.599. The van der Waals surface area contributed by atoms with Crippen LogP contribution in [0, 0.1) is 10.1 Å². The van der Waals surface area contributed by atoms with Gasteiger partial charge < -0.3 is 10.1 Å². The fraction of sp³-hybridized carbons (Fsp3) is 0.333. The van der Waals surface area contributed by atoms with Crippen LogP contribution in [0.5, 0.6) is 0 Å². The Morgan fingerprint density at radius 2 is 2.09 bits per heavy atom. The van der Waals surface area contributed by atoms with Gasteiger partial charge >= 0.3 is 5.69 Å². The van der Waals surface area contributed by atoms with Gasteiger partial charge in [0.15, 0.2) is 0 Å². The van der Waals surface area contributed by atoms with Crippen LogP contribution in [0.3, 0.4) is 0 Å². The van der Waals surface area contributed by atoms with E-state index in [0.29, 0.717) is 6.61 Å². The summed E-state index contributed by atoms with van der Waals surface area (Å²) >= 11 is 0. The van der Waals surface area contributed by atoms with E-state index in [9.17, 15) is 14.9 Å². The van der Waals surface area contributed by atoms with Crippen molar-refractivity contribution >= 4 is 11.6 Å². The first kappa shape index (κ1) is 16.6. The number of hydrogen-bond donors (Lipinski definition) is 2. The lowest BCUT2D eigenvalue weighted by atomic mass is 10.1. The molecule has 2 rings (SSSR count). The molecule has 0 aliphatic carbocycles. The first-order chi connectivity index (χ1) is 10.9. The summed E-state index contributed by atoms with van der Waals surface area (Å²) in [6, 6.07) is 9.65. The Labute approximate surface area is 133 Å². The van der Waals surface area contributed by atoms with E-state index in [2.05, 4.69) is 15.5 Å². The van der Waals surface area contributed by atoms with E-state index in [0.717, 1.165) is 11.8 Å². The van der Waals surface area contributed by atoms with Gasteiger partial charge in [-0.1, -0.05) is 30.3 Å². The Bertz CT molecular complexity index is 682. The number of hydrogen-bond acceptors (Lipinski definition) is 5. The molecule has 0 saturated carbocycles. The first-order valence-corrected chi connectivity index (χ1v) is 7.01. The molecule has 0 saturated heterocycles. The predicted octanol–water partition coefficient (Wildman–Crippen LogP) is 2.04. The van der Waals surface area contributed by atoms with Crippen molar-refractivity contribution in [3.8, 4) is 0 Å². The van der Waals surface area contributed by atoms with Gasteiger partial charge in [0.25, 0.3) is 5.91 Å². The molecule has 23 heavy (non-hydrogen) atoms. The maximum atomic E-state index is 12.1. The highest BCUT2D eigenvalue weighted by Gasteiger charge is 2.28. The first-order valence-electron chi connectivity index (χ1n) is 7.01. The fourth-order valence-corrected chi connectivity index (χ4v) is 1.99. The topological polar surface area (TPSA) is 110 Å². The third kappa shape index (κ3) is 4.62. The molecule has 0 bridgehead atoms. The van der Waals surface area contributed by atoms with E-state index in [1.165, 1.54) is 0 Å². The second-order valence-electron chi connectivity index (χ2n) is 5.70. The highest BCUT2D eigenvalue weighted by Crippen LogP contribution is 2.16. The number of H-pyrrole nitrogens is 1. The Kier molecular flexibility index (Phi) is 5.07. The summed E-state index contributed by atoms with van der Waals surface area (Å²) in [7, 11) is 0. The monoisotopic (exact) mass is 318 g/mol. The van der Waals surface area contributed by atoms with Gasteiger partial charge in [0.1, 0.15) is 6.20 Å². The highest BCUT2D eigenvalue weighted by atomic mass is 16.6. The van der Waals surface area contributed by atoms with Gasteiger partial charge in [0.05, 0.1) is 23.7 Å². The standard InChI is InChI=1S/C15H18N4O4/c1-15(2,10-23-9-11-6-4-3-5-7-11)17-14(20)13-12(19(21)22)8-16-18-13/h3-8H,9-10H2,1-2H3,(H,16,18)(H,17,20). The average Bonchev–Trinajstić information content (AvgIpc) is 2.97. The van der Waals surface area contributed by atoms with E-state index in [1.807, 2.05) is 30.3 Å². The molecule has 0 atom stereocenters. The van der Waals surface area contributed by atoms with Crippen LogP contribution in [0.25, 0.3) is 0 Å². The van der Waals surface area contributed by atoms with Crippen molar-refractivity contribution in [1.29, 1.82) is 0 Å². The summed E-state index contributed by atoms with van der Waals surface area (Å²) in [4.78, 5) is 22.3. The van der Waals surface area contributed by atoms with Crippen molar-refractivity contribution in [1.82, 2.24) is 15.5 Å². The molecule has 8 nitrogen and oxygen atoms in total. The molecule has 2 aromatic rings. The summed E-state index contributed by atoms with van der Waals surface area (Å²) < 4.78 is 5.61. The maximum Gasteiger partial charge on any atom is 0.319 e. The number of nitrogens with one attached hydrogen (secondary N) is 2. The predicted molar refractivity (Wildman–Crippen MR) is 82.9 cm³/mol. The minimum atomic E-state index is -0.690. The van der Waals surface area contributed by atoms with Crippen LogP contribution in [0.15, 0.2) is 36.5 Å². The third-order valence-corrected chi connectivity index (χ3v) is 3.07.